The zero-order chi connectivity index (χ0) is 21.7. The van der Waals surface area contributed by atoms with Crippen molar-refractivity contribution in [2.75, 3.05) is 29.0 Å². The molecule has 8 nitrogen and oxygen atoms in total. The molecule has 1 aromatic heterocycles. The number of nitrogens with two attached hydrogens (primary N) is 1. The van der Waals surface area contributed by atoms with Gasteiger partial charge in [0.05, 0.1) is 13.1 Å². The number of benzene rings is 2. The van der Waals surface area contributed by atoms with Crippen LogP contribution in [0.15, 0.2) is 64.2 Å². The molecule has 0 spiro atoms. The van der Waals surface area contributed by atoms with Gasteiger partial charge in [-0.15, -0.1) is 0 Å². The number of nitrogen functional groups attached to an aromatic ring is 1. The van der Waals surface area contributed by atoms with Crippen molar-refractivity contribution in [1.29, 1.82) is 0 Å². The molecule has 156 valence electrons. The lowest BCUT2D eigenvalue weighted by Crippen LogP contribution is -2.43. The summed E-state index contributed by atoms with van der Waals surface area (Å²) < 4.78 is 14.5. The highest BCUT2D eigenvalue weighted by atomic mass is 19.1. The van der Waals surface area contributed by atoms with Crippen molar-refractivity contribution in [3.8, 4) is 0 Å². The summed E-state index contributed by atoms with van der Waals surface area (Å²) in [7, 11) is 0. The fraction of sp³-hybridized carbons (Fsp3) is 0.190. The fourth-order valence-electron chi connectivity index (χ4n) is 3.09. The average molecular weight is 411 g/mol. The summed E-state index contributed by atoms with van der Waals surface area (Å²) in [5.41, 5.74) is 5.88. The van der Waals surface area contributed by atoms with E-state index >= 15 is 0 Å². The Morgan fingerprint density at radius 2 is 1.90 bits per heavy atom. The molecule has 3 rings (SSSR count). The average Bonchev–Trinajstić information content (AvgIpc) is 2.73. The number of hydrogen-bond acceptors (Lipinski definition) is 5. The largest absolute Gasteiger partial charge is 0.383 e. The number of carbonyl (C=O) groups excluding carboxylic acids is 1. The molecule has 0 aliphatic rings. The third-order valence-electron chi connectivity index (χ3n) is 4.55. The summed E-state index contributed by atoms with van der Waals surface area (Å²) in [4.78, 5) is 41.0. The first kappa shape index (κ1) is 20.8. The smallest absolute Gasteiger partial charge is 0.330 e. The maximum atomic E-state index is 13.3. The van der Waals surface area contributed by atoms with Crippen molar-refractivity contribution in [3.05, 3.63) is 86.8 Å². The number of likely N-dealkylation sites (N-methyl/N-ethyl adjacent to an activating group) is 1. The molecule has 0 aliphatic carbocycles. The van der Waals surface area contributed by atoms with Gasteiger partial charge in [0.15, 0.2) is 5.69 Å². The number of anilines is 3. The van der Waals surface area contributed by atoms with Gasteiger partial charge in [0.1, 0.15) is 11.6 Å². The monoisotopic (exact) mass is 411 g/mol. The normalized spacial score (nSPS) is 10.6. The van der Waals surface area contributed by atoms with Crippen molar-refractivity contribution in [2.24, 2.45) is 0 Å². The summed E-state index contributed by atoms with van der Waals surface area (Å²) in [5.74, 6) is -0.995. The summed E-state index contributed by atoms with van der Waals surface area (Å²) in [6, 6.07) is 14.8. The molecule has 1 heterocycles. The number of H-pyrrole nitrogens is 1. The van der Waals surface area contributed by atoms with Gasteiger partial charge in [-0.05, 0) is 30.7 Å². The van der Waals surface area contributed by atoms with E-state index in [0.717, 1.165) is 5.56 Å². The SMILES string of the molecule is CCN(C(=O)CNc1cccc(F)c1)c1c(N)n(Cc2ccccc2)c(=O)[nH]c1=O. The van der Waals surface area contributed by atoms with E-state index in [4.69, 9.17) is 5.73 Å². The zero-order valence-corrected chi connectivity index (χ0v) is 16.4. The molecule has 0 fully saturated rings. The van der Waals surface area contributed by atoms with Crippen molar-refractivity contribution < 1.29 is 9.18 Å². The Kier molecular flexibility index (Phi) is 6.31. The molecule has 2 aromatic carbocycles. The Hall–Kier alpha value is -3.88. The van der Waals surface area contributed by atoms with Crippen molar-refractivity contribution in [3.63, 3.8) is 0 Å². The number of nitrogens with one attached hydrogen (secondary N) is 2. The van der Waals surface area contributed by atoms with E-state index in [1.54, 1.807) is 13.0 Å². The van der Waals surface area contributed by atoms with Crippen LogP contribution in [0.2, 0.25) is 0 Å². The maximum Gasteiger partial charge on any atom is 0.330 e. The second-order valence-electron chi connectivity index (χ2n) is 6.57. The van der Waals surface area contributed by atoms with E-state index in [0.29, 0.717) is 5.69 Å². The summed E-state index contributed by atoms with van der Waals surface area (Å²) in [6.45, 7) is 1.79. The minimum Gasteiger partial charge on any atom is -0.383 e. The molecular formula is C21H22FN5O3. The van der Waals surface area contributed by atoms with Gasteiger partial charge >= 0.3 is 5.69 Å². The predicted octanol–water partition coefficient (Wildman–Crippen LogP) is 1.77. The number of rotatable bonds is 7. The van der Waals surface area contributed by atoms with Crippen LogP contribution >= 0.6 is 0 Å². The molecule has 0 radical (unpaired) electrons. The molecule has 0 aliphatic heterocycles. The molecule has 0 bridgehead atoms. The van der Waals surface area contributed by atoms with E-state index in [1.165, 1.54) is 27.7 Å². The molecule has 30 heavy (non-hydrogen) atoms. The predicted molar refractivity (Wildman–Crippen MR) is 114 cm³/mol. The van der Waals surface area contributed by atoms with Gasteiger partial charge in [-0.2, -0.15) is 0 Å². The number of nitrogens with zero attached hydrogens (tertiary/aromatic N) is 2. The third kappa shape index (κ3) is 4.57. The highest BCUT2D eigenvalue weighted by Gasteiger charge is 2.23. The molecular weight excluding hydrogens is 389 g/mol. The zero-order valence-electron chi connectivity index (χ0n) is 16.4. The molecule has 3 aromatic rings. The van der Waals surface area contributed by atoms with Crippen LogP contribution in [0.25, 0.3) is 0 Å². The lowest BCUT2D eigenvalue weighted by atomic mass is 10.2. The number of aromatic amines is 1. The minimum atomic E-state index is -0.747. The van der Waals surface area contributed by atoms with Gasteiger partial charge in [0.25, 0.3) is 5.56 Å². The molecule has 0 saturated heterocycles. The lowest BCUT2D eigenvalue weighted by molar-refractivity contribution is -0.116. The van der Waals surface area contributed by atoms with Gasteiger partial charge in [0.2, 0.25) is 5.91 Å². The van der Waals surface area contributed by atoms with Crippen LogP contribution in [0.5, 0.6) is 0 Å². The van der Waals surface area contributed by atoms with Gasteiger partial charge in [-0.25, -0.2) is 9.18 Å². The van der Waals surface area contributed by atoms with Gasteiger partial charge in [-0.1, -0.05) is 36.4 Å². The van der Waals surface area contributed by atoms with E-state index in [1.807, 2.05) is 30.3 Å². The standard InChI is InChI=1S/C21H22FN5O3/c1-2-26(17(28)12-24-16-10-6-9-15(22)11-16)18-19(23)27(21(30)25-20(18)29)13-14-7-4-3-5-8-14/h3-11,24H,2,12-13,23H2,1H3,(H,25,29,30). The summed E-state index contributed by atoms with van der Waals surface area (Å²) in [6.07, 6.45) is 0. The molecule has 9 heteroatoms. The molecule has 1 amide bonds. The van der Waals surface area contributed by atoms with Crippen LogP contribution < -0.4 is 27.2 Å². The van der Waals surface area contributed by atoms with E-state index in [-0.39, 0.29) is 31.1 Å². The van der Waals surface area contributed by atoms with Crippen molar-refractivity contribution in [1.82, 2.24) is 9.55 Å². The Morgan fingerprint density at radius 1 is 1.17 bits per heavy atom. The van der Waals surface area contributed by atoms with Crippen LogP contribution in [0.1, 0.15) is 12.5 Å². The van der Waals surface area contributed by atoms with E-state index in [9.17, 15) is 18.8 Å². The molecule has 4 N–H and O–H groups in total. The number of amides is 1. The van der Waals surface area contributed by atoms with Gasteiger partial charge in [0, 0.05) is 12.2 Å². The van der Waals surface area contributed by atoms with Crippen molar-refractivity contribution >= 4 is 23.1 Å². The van der Waals surface area contributed by atoms with Gasteiger partial charge < -0.3 is 16.0 Å². The quantitative estimate of drug-likeness (QED) is 0.548. The van der Waals surface area contributed by atoms with Crippen LogP contribution in [0.3, 0.4) is 0 Å². The van der Waals surface area contributed by atoms with Crippen LogP contribution in [0.4, 0.5) is 21.6 Å². The molecule has 0 atom stereocenters. The first-order valence-electron chi connectivity index (χ1n) is 9.37. The lowest BCUT2D eigenvalue weighted by Gasteiger charge is -2.23. The van der Waals surface area contributed by atoms with Gasteiger partial charge in [-0.3, -0.25) is 19.1 Å². The molecule has 0 unspecified atom stereocenters. The Balaban J connectivity index is 1.89. The third-order valence-corrected chi connectivity index (χ3v) is 4.55. The number of carbonyl (C=O) groups is 1. The highest BCUT2D eigenvalue weighted by Crippen LogP contribution is 2.18. The number of hydrogen-bond donors (Lipinski definition) is 3. The Labute approximate surface area is 171 Å². The first-order valence-corrected chi connectivity index (χ1v) is 9.37. The minimum absolute atomic E-state index is 0.0981. The van der Waals surface area contributed by atoms with Crippen LogP contribution in [0, 0.1) is 5.82 Å². The highest BCUT2D eigenvalue weighted by molar-refractivity contribution is 5.98. The Morgan fingerprint density at radius 3 is 2.57 bits per heavy atom. The molecule has 0 saturated carbocycles. The van der Waals surface area contributed by atoms with Crippen LogP contribution in [-0.2, 0) is 11.3 Å². The second kappa shape index (κ2) is 9.08. The van der Waals surface area contributed by atoms with E-state index in [2.05, 4.69) is 10.3 Å². The van der Waals surface area contributed by atoms with Crippen molar-refractivity contribution in [2.45, 2.75) is 13.5 Å². The Bertz CT molecular complexity index is 1160. The summed E-state index contributed by atoms with van der Waals surface area (Å²) in [5, 5.41) is 2.82. The second-order valence-corrected chi connectivity index (χ2v) is 6.57. The first-order chi connectivity index (χ1) is 14.4. The topological polar surface area (TPSA) is 113 Å². The van der Waals surface area contributed by atoms with E-state index < -0.39 is 23.0 Å². The number of halogens is 1. The fourth-order valence-corrected chi connectivity index (χ4v) is 3.09. The number of aromatic nitrogens is 2. The van der Waals surface area contributed by atoms with Crippen LogP contribution in [-0.4, -0.2) is 28.5 Å². The summed E-state index contributed by atoms with van der Waals surface area (Å²) >= 11 is 0. The maximum absolute atomic E-state index is 13.3.